The van der Waals surface area contributed by atoms with Crippen LogP contribution in [0, 0.1) is 0 Å². The normalized spacial score (nSPS) is 13.5. The number of ether oxygens (including phenoxy) is 1. The number of hydrogen-bond acceptors (Lipinski definition) is 1. The van der Waals surface area contributed by atoms with Crippen molar-refractivity contribution in [3.05, 3.63) is 132 Å². The van der Waals surface area contributed by atoms with Gasteiger partial charge in [0.25, 0.3) is 0 Å². The fourth-order valence-electron chi connectivity index (χ4n) is 5.09. The fraction of sp³-hybridized carbons (Fsp3) is 0.0909. The molecule has 0 atom stereocenters. The van der Waals surface area contributed by atoms with Crippen molar-refractivity contribution in [3.63, 3.8) is 0 Å². The van der Waals surface area contributed by atoms with Gasteiger partial charge in [0.15, 0.2) is 0 Å². The molecule has 0 aliphatic carbocycles. The van der Waals surface area contributed by atoms with Gasteiger partial charge in [0.05, 0.1) is 0 Å². The molecule has 34 heavy (non-hydrogen) atoms. The van der Waals surface area contributed by atoms with Crippen molar-refractivity contribution < 1.29 is 4.74 Å². The highest BCUT2D eigenvalue weighted by molar-refractivity contribution is 5.85. The zero-order chi connectivity index (χ0) is 23.1. The van der Waals surface area contributed by atoms with Gasteiger partial charge in [0.1, 0.15) is 11.5 Å². The van der Waals surface area contributed by atoms with E-state index < -0.39 is 0 Å². The van der Waals surface area contributed by atoms with Gasteiger partial charge in [-0.05, 0) is 45.5 Å². The molecule has 0 saturated carbocycles. The third kappa shape index (κ3) is 3.41. The molecular formula is C33H26O. The van der Waals surface area contributed by atoms with Crippen LogP contribution in [0.5, 0.6) is 11.5 Å². The highest BCUT2D eigenvalue weighted by atomic mass is 16.5. The molecule has 0 N–H and O–H groups in total. The number of benzene rings is 5. The van der Waals surface area contributed by atoms with Gasteiger partial charge in [-0.1, -0.05) is 123 Å². The van der Waals surface area contributed by atoms with Crippen molar-refractivity contribution in [1.29, 1.82) is 0 Å². The predicted molar refractivity (Wildman–Crippen MR) is 141 cm³/mol. The molecule has 0 bridgehead atoms. The van der Waals surface area contributed by atoms with E-state index in [1.807, 2.05) is 6.07 Å². The minimum absolute atomic E-state index is 0.102. The maximum Gasteiger partial charge on any atom is 0.132 e. The molecule has 6 rings (SSSR count). The Morgan fingerprint density at radius 3 is 1.74 bits per heavy atom. The van der Waals surface area contributed by atoms with Gasteiger partial charge in [0.2, 0.25) is 0 Å². The van der Waals surface area contributed by atoms with Crippen molar-refractivity contribution in [2.45, 2.75) is 19.3 Å². The van der Waals surface area contributed by atoms with Gasteiger partial charge in [0, 0.05) is 16.5 Å². The summed E-state index contributed by atoms with van der Waals surface area (Å²) in [6.45, 7) is 4.55. The summed E-state index contributed by atoms with van der Waals surface area (Å²) in [6.07, 6.45) is 0. The van der Waals surface area contributed by atoms with E-state index in [4.69, 9.17) is 4.74 Å². The van der Waals surface area contributed by atoms with Crippen LogP contribution in [0.3, 0.4) is 0 Å². The molecule has 0 fully saturated rings. The van der Waals surface area contributed by atoms with Crippen LogP contribution in [0.15, 0.2) is 121 Å². The lowest BCUT2D eigenvalue weighted by molar-refractivity contribution is 0.418. The van der Waals surface area contributed by atoms with Crippen molar-refractivity contribution >= 4 is 0 Å². The monoisotopic (exact) mass is 438 g/mol. The second-order valence-electron chi connectivity index (χ2n) is 9.42. The van der Waals surface area contributed by atoms with Crippen molar-refractivity contribution in [1.82, 2.24) is 0 Å². The molecule has 1 aliphatic rings. The van der Waals surface area contributed by atoms with E-state index >= 15 is 0 Å². The molecule has 0 spiro atoms. The molecule has 5 aromatic rings. The zero-order valence-corrected chi connectivity index (χ0v) is 19.5. The lowest BCUT2D eigenvalue weighted by Gasteiger charge is -2.34. The van der Waals surface area contributed by atoms with Crippen molar-refractivity contribution in [3.8, 4) is 44.9 Å². The third-order valence-electron chi connectivity index (χ3n) is 6.98. The standard InChI is InChI=1S/C33H26O/c1-33(2)29-14-8-9-15-31(29)34-32-22-26(20-21-30(32)33)28-13-7-6-12-27(28)25-18-16-24(17-19-25)23-10-4-3-5-11-23/h3-22H,1-2H3. The van der Waals surface area contributed by atoms with E-state index in [0.717, 1.165) is 17.1 Å². The molecule has 1 aliphatic heterocycles. The molecule has 5 aromatic carbocycles. The number of rotatable bonds is 3. The second kappa shape index (κ2) is 8.04. The summed E-state index contributed by atoms with van der Waals surface area (Å²) >= 11 is 0. The van der Waals surface area contributed by atoms with Gasteiger partial charge in [-0.3, -0.25) is 0 Å². The van der Waals surface area contributed by atoms with Crippen LogP contribution in [-0.4, -0.2) is 0 Å². The lowest BCUT2D eigenvalue weighted by atomic mass is 9.75. The maximum atomic E-state index is 6.39. The summed E-state index contributed by atoms with van der Waals surface area (Å²) in [7, 11) is 0. The summed E-state index contributed by atoms with van der Waals surface area (Å²) in [5.41, 5.74) is 9.61. The van der Waals surface area contributed by atoms with Crippen LogP contribution in [0.2, 0.25) is 0 Å². The van der Waals surface area contributed by atoms with Gasteiger partial charge < -0.3 is 4.74 Å². The van der Waals surface area contributed by atoms with E-state index in [-0.39, 0.29) is 5.41 Å². The Kier molecular flexibility index (Phi) is 4.85. The average Bonchev–Trinajstić information content (AvgIpc) is 2.89. The van der Waals surface area contributed by atoms with E-state index in [9.17, 15) is 0 Å². The zero-order valence-electron chi connectivity index (χ0n) is 19.5. The summed E-state index contributed by atoms with van der Waals surface area (Å²) in [5.74, 6) is 1.89. The van der Waals surface area contributed by atoms with Gasteiger partial charge >= 0.3 is 0 Å². The largest absolute Gasteiger partial charge is 0.457 e. The quantitative estimate of drug-likeness (QED) is 0.273. The third-order valence-corrected chi connectivity index (χ3v) is 6.98. The van der Waals surface area contributed by atoms with Gasteiger partial charge in [-0.2, -0.15) is 0 Å². The minimum Gasteiger partial charge on any atom is -0.457 e. The van der Waals surface area contributed by atoms with Crippen molar-refractivity contribution in [2.24, 2.45) is 0 Å². The Balaban J connectivity index is 1.40. The van der Waals surface area contributed by atoms with Crippen molar-refractivity contribution in [2.75, 3.05) is 0 Å². The molecule has 0 unspecified atom stereocenters. The number of para-hydroxylation sites is 1. The molecular weight excluding hydrogens is 412 g/mol. The van der Waals surface area contributed by atoms with Gasteiger partial charge in [-0.25, -0.2) is 0 Å². The molecule has 1 nitrogen and oxygen atoms in total. The SMILES string of the molecule is CC1(C)c2ccccc2Oc2cc(-c3ccccc3-c3ccc(-c4ccccc4)cc3)ccc21. The van der Waals surface area contributed by atoms with E-state index in [1.54, 1.807) is 0 Å². The lowest BCUT2D eigenvalue weighted by Crippen LogP contribution is -2.24. The summed E-state index contributed by atoms with van der Waals surface area (Å²) < 4.78 is 6.39. The van der Waals surface area contributed by atoms with Crippen LogP contribution >= 0.6 is 0 Å². The highest BCUT2D eigenvalue weighted by Gasteiger charge is 2.34. The summed E-state index contributed by atoms with van der Waals surface area (Å²) in [4.78, 5) is 0. The summed E-state index contributed by atoms with van der Waals surface area (Å²) in [6, 6.07) is 43.0. The minimum atomic E-state index is -0.102. The Hall–Kier alpha value is -4.10. The van der Waals surface area contributed by atoms with Gasteiger partial charge in [-0.15, -0.1) is 0 Å². The Bertz CT molecular complexity index is 1480. The molecule has 0 aromatic heterocycles. The van der Waals surface area contributed by atoms with Crippen LogP contribution in [0.4, 0.5) is 0 Å². The molecule has 0 radical (unpaired) electrons. The molecule has 0 amide bonds. The van der Waals surface area contributed by atoms with Crippen LogP contribution < -0.4 is 4.74 Å². The van der Waals surface area contributed by atoms with E-state index in [0.29, 0.717) is 0 Å². The second-order valence-corrected chi connectivity index (χ2v) is 9.42. The Morgan fingerprint density at radius 2 is 0.971 bits per heavy atom. The predicted octanol–water partition coefficient (Wildman–Crippen LogP) is 9.12. The number of hydrogen-bond donors (Lipinski definition) is 0. The first-order chi connectivity index (χ1) is 16.6. The molecule has 164 valence electrons. The van der Waals surface area contributed by atoms with Crippen LogP contribution in [0.25, 0.3) is 33.4 Å². The first kappa shape index (κ1) is 20.5. The van der Waals surface area contributed by atoms with Crippen LogP contribution in [-0.2, 0) is 5.41 Å². The number of fused-ring (bicyclic) bond motifs is 2. The topological polar surface area (TPSA) is 9.23 Å². The first-order valence-corrected chi connectivity index (χ1v) is 11.8. The average molecular weight is 439 g/mol. The first-order valence-electron chi connectivity index (χ1n) is 11.8. The smallest absolute Gasteiger partial charge is 0.132 e. The summed E-state index contributed by atoms with van der Waals surface area (Å²) in [5, 5.41) is 0. The van der Waals surface area contributed by atoms with Crippen LogP contribution in [0.1, 0.15) is 25.0 Å². The molecule has 1 heteroatoms. The van der Waals surface area contributed by atoms with E-state index in [1.165, 1.54) is 38.9 Å². The fourth-order valence-corrected chi connectivity index (χ4v) is 5.09. The Morgan fingerprint density at radius 1 is 0.441 bits per heavy atom. The maximum absolute atomic E-state index is 6.39. The molecule has 0 saturated heterocycles. The Labute approximate surface area is 201 Å². The highest BCUT2D eigenvalue weighted by Crippen LogP contribution is 2.49. The van der Waals surface area contributed by atoms with E-state index in [2.05, 4.69) is 129 Å². The molecule has 1 heterocycles.